The van der Waals surface area contributed by atoms with E-state index in [4.69, 9.17) is 0 Å². The summed E-state index contributed by atoms with van der Waals surface area (Å²) in [7, 11) is 0. The van der Waals surface area contributed by atoms with E-state index in [1.54, 1.807) is 0 Å². The molecule has 0 amide bonds. The van der Waals surface area contributed by atoms with Crippen LogP contribution in [0.5, 0.6) is 0 Å². The minimum absolute atomic E-state index is 0.0369. The van der Waals surface area contributed by atoms with Gasteiger partial charge in [0.25, 0.3) is 0 Å². The standard InChI is InChI=1S/C11H8F3NS/c12-8-3-10(14)11(4-9(8)13)15-5-7-1-2-16-6-7/h1-4,6,15H,5H2. The van der Waals surface area contributed by atoms with Gasteiger partial charge in [0.1, 0.15) is 5.82 Å². The van der Waals surface area contributed by atoms with Crippen molar-refractivity contribution in [2.45, 2.75) is 6.54 Å². The summed E-state index contributed by atoms with van der Waals surface area (Å²) in [5.41, 5.74) is 0.930. The summed E-state index contributed by atoms with van der Waals surface area (Å²) < 4.78 is 38.7. The molecule has 2 rings (SSSR count). The average molecular weight is 243 g/mol. The molecule has 0 bridgehead atoms. The summed E-state index contributed by atoms with van der Waals surface area (Å²) in [6, 6.07) is 3.22. The van der Waals surface area contributed by atoms with E-state index in [1.165, 1.54) is 11.3 Å². The lowest BCUT2D eigenvalue weighted by atomic mass is 10.2. The van der Waals surface area contributed by atoms with Crippen molar-refractivity contribution >= 4 is 17.0 Å². The maximum Gasteiger partial charge on any atom is 0.161 e. The van der Waals surface area contributed by atoms with Crippen molar-refractivity contribution in [3.05, 3.63) is 52.0 Å². The summed E-state index contributed by atoms with van der Waals surface area (Å²) in [6.45, 7) is 0.380. The molecule has 0 aliphatic carbocycles. The molecule has 1 aromatic heterocycles. The first-order valence-electron chi connectivity index (χ1n) is 4.56. The Balaban J connectivity index is 2.12. The summed E-state index contributed by atoms with van der Waals surface area (Å²) in [4.78, 5) is 0. The van der Waals surface area contributed by atoms with Gasteiger partial charge in [-0.2, -0.15) is 11.3 Å². The van der Waals surface area contributed by atoms with Crippen LogP contribution in [0.15, 0.2) is 29.0 Å². The zero-order valence-electron chi connectivity index (χ0n) is 8.14. The molecule has 16 heavy (non-hydrogen) atoms. The number of halogens is 3. The number of thiophene rings is 1. The Hall–Kier alpha value is -1.49. The summed E-state index contributed by atoms with van der Waals surface area (Å²) >= 11 is 1.52. The van der Waals surface area contributed by atoms with E-state index in [0.717, 1.165) is 11.6 Å². The van der Waals surface area contributed by atoms with E-state index in [0.29, 0.717) is 12.6 Å². The van der Waals surface area contributed by atoms with Crippen molar-refractivity contribution in [2.75, 3.05) is 5.32 Å². The molecule has 5 heteroatoms. The largest absolute Gasteiger partial charge is 0.378 e. The van der Waals surface area contributed by atoms with E-state index in [2.05, 4.69) is 5.32 Å². The smallest absolute Gasteiger partial charge is 0.161 e. The highest BCUT2D eigenvalue weighted by Crippen LogP contribution is 2.19. The first-order valence-corrected chi connectivity index (χ1v) is 5.50. The summed E-state index contributed by atoms with van der Waals surface area (Å²) in [5, 5.41) is 6.49. The highest BCUT2D eigenvalue weighted by molar-refractivity contribution is 7.07. The van der Waals surface area contributed by atoms with Crippen LogP contribution in [-0.4, -0.2) is 0 Å². The van der Waals surface area contributed by atoms with E-state index >= 15 is 0 Å². The molecule has 1 aromatic carbocycles. The molecule has 84 valence electrons. The van der Waals surface area contributed by atoms with Gasteiger partial charge in [0, 0.05) is 18.7 Å². The Morgan fingerprint density at radius 1 is 1.06 bits per heavy atom. The van der Waals surface area contributed by atoms with Crippen molar-refractivity contribution in [1.82, 2.24) is 0 Å². The van der Waals surface area contributed by atoms with Gasteiger partial charge in [-0.05, 0) is 22.4 Å². The maximum atomic E-state index is 13.2. The van der Waals surface area contributed by atoms with Crippen molar-refractivity contribution in [2.24, 2.45) is 0 Å². The third-order valence-corrected chi connectivity index (χ3v) is 2.81. The maximum absolute atomic E-state index is 13.2. The van der Waals surface area contributed by atoms with Crippen LogP contribution in [0.3, 0.4) is 0 Å². The van der Waals surface area contributed by atoms with E-state index < -0.39 is 17.5 Å². The number of rotatable bonds is 3. The number of nitrogens with one attached hydrogen (secondary N) is 1. The van der Waals surface area contributed by atoms with Gasteiger partial charge in [0.2, 0.25) is 0 Å². The molecule has 0 saturated carbocycles. The third kappa shape index (κ3) is 2.36. The predicted octanol–water partition coefficient (Wildman–Crippen LogP) is 3.78. The van der Waals surface area contributed by atoms with Crippen LogP contribution >= 0.6 is 11.3 Å². The van der Waals surface area contributed by atoms with Crippen LogP contribution in [0.25, 0.3) is 0 Å². The molecular formula is C11H8F3NS. The average Bonchev–Trinajstić information content (AvgIpc) is 2.74. The molecule has 1 heterocycles. The minimum atomic E-state index is -1.18. The van der Waals surface area contributed by atoms with Crippen molar-refractivity contribution < 1.29 is 13.2 Å². The molecule has 1 nitrogen and oxygen atoms in total. The lowest BCUT2D eigenvalue weighted by Gasteiger charge is -2.06. The van der Waals surface area contributed by atoms with Crippen LogP contribution in [-0.2, 0) is 6.54 Å². The Bertz CT molecular complexity index is 482. The Labute approximate surface area is 94.5 Å². The second kappa shape index (κ2) is 4.57. The van der Waals surface area contributed by atoms with Crippen LogP contribution in [0.2, 0.25) is 0 Å². The molecule has 0 aliphatic rings. The zero-order valence-corrected chi connectivity index (χ0v) is 8.95. The minimum Gasteiger partial charge on any atom is -0.378 e. The molecule has 0 spiro atoms. The topological polar surface area (TPSA) is 12.0 Å². The number of benzene rings is 1. The summed E-state index contributed by atoms with van der Waals surface area (Å²) in [6.07, 6.45) is 0. The second-order valence-corrected chi connectivity index (χ2v) is 4.01. The van der Waals surface area contributed by atoms with Crippen LogP contribution in [0, 0.1) is 17.5 Å². The van der Waals surface area contributed by atoms with Gasteiger partial charge in [-0.3, -0.25) is 0 Å². The van der Waals surface area contributed by atoms with E-state index in [9.17, 15) is 13.2 Å². The second-order valence-electron chi connectivity index (χ2n) is 3.23. The SMILES string of the molecule is Fc1cc(F)c(NCc2ccsc2)cc1F. The van der Waals surface area contributed by atoms with Gasteiger partial charge in [0.15, 0.2) is 11.6 Å². The van der Waals surface area contributed by atoms with Crippen LogP contribution in [0.4, 0.5) is 18.9 Å². The fourth-order valence-corrected chi connectivity index (χ4v) is 1.92. The van der Waals surface area contributed by atoms with E-state index in [-0.39, 0.29) is 5.69 Å². The first-order chi connectivity index (χ1) is 7.66. The van der Waals surface area contributed by atoms with Gasteiger partial charge in [-0.25, -0.2) is 13.2 Å². The van der Waals surface area contributed by atoms with Gasteiger partial charge in [-0.15, -0.1) is 0 Å². The normalized spacial score (nSPS) is 10.4. The molecule has 0 fully saturated rings. The highest BCUT2D eigenvalue weighted by atomic mass is 32.1. The van der Waals surface area contributed by atoms with Gasteiger partial charge >= 0.3 is 0 Å². The lowest BCUT2D eigenvalue weighted by molar-refractivity contribution is 0.496. The van der Waals surface area contributed by atoms with Crippen LogP contribution in [0.1, 0.15) is 5.56 Å². The molecule has 0 radical (unpaired) electrons. The highest BCUT2D eigenvalue weighted by Gasteiger charge is 2.09. The Kier molecular flexibility index (Phi) is 3.14. The first kappa shape index (κ1) is 11.0. The van der Waals surface area contributed by atoms with Crippen molar-refractivity contribution in [3.63, 3.8) is 0 Å². The zero-order chi connectivity index (χ0) is 11.5. The van der Waals surface area contributed by atoms with Gasteiger partial charge in [-0.1, -0.05) is 0 Å². The van der Waals surface area contributed by atoms with E-state index in [1.807, 2.05) is 16.8 Å². The monoisotopic (exact) mass is 243 g/mol. The molecule has 0 aliphatic heterocycles. The van der Waals surface area contributed by atoms with Crippen molar-refractivity contribution in [1.29, 1.82) is 0 Å². The summed E-state index contributed by atoms with van der Waals surface area (Å²) in [5.74, 6) is -3.04. The van der Waals surface area contributed by atoms with Crippen LogP contribution < -0.4 is 5.32 Å². The fraction of sp³-hybridized carbons (Fsp3) is 0.0909. The van der Waals surface area contributed by atoms with Gasteiger partial charge < -0.3 is 5.32 Å². The fourth-order valence-electron chi connectivity index (χ4n) is 1.25. The molecular weight excluding hydrogens is 235 g/mol. The number of anilines is 1. The lowest BCUT2D eigenvalue weighted by Crippen LogP contribution is -2.02. The molecule has 0 atom stereocenters. The Morgan fingerprint density at radius 3 is 2.50 bits per heavy atom. The van der Waals surface area contributed by atoms with Gasteiger partial charge in [0.05, 0.1) is 5.69 Å². The number of hydrogen-bond acceptors (Lipinski definition) is 2. The molecule has 2 aromatic rings. The van der Waals surface area contributed by atoms with Crippen molar-refractivity contribution in [3.8, 4) is 0 Å². The quantitative estimate of drug-likeness (QED) is 0.809. The third-order valence-electron chi connectivity index (χ3n) is 2.07. The number of hydrogen-bond donors (Lipinski definition) is 1. The molecule has 1 N–H and O–H groups in total. The molecule has 0 unspecified atom stereocenters. The predicted molar refractivity (Wildman–Crippen MR) is 58.0 cm³/mol. The molecule has 0 saturated heterocycles. The Morgan fingerprint density at radius 2 is 1.81 bits per heavy atom.